The minimum absolute atomic E-state index is 0.0180. The van der Waals surface area contributed by atoms with Crippen LogP contribution in [0.2, 0.25) is 5.02 Å². The average molecular weight is 340 g/mol. The molecular weight excluding hydrogens is 328 g/mol. The number of halogens is 1. The van der Waals surface area contributed by atoms with Crippen LogP contribution in [0.1, 0.15) is 21.5 Å². The lowest BCUT2D eigenvalue weighted by Crippen LogP contribution is -2.21. The first-order valence-corrected chi connectivity index (χ1v) is 7.29. The van der Waals surface area contributed by atoms with E-state index in [1.165, 1.54) is 30.3 Å². The fourth-order valence-electron chi connectivity index (χ4n) is 1.90. The molecule has 0 aliphatic carbocycles. The van der Waals surface area contributed by atoms with Crippen LogP contribution in [0.5, 0.6) is 0 Å². The lowest BCUT2D eigenvalue weighted by molar-refractivity contribution is -0.255. The number of hydrogen-bond acceptors (Lipinski definition) is 4. The van der Waals surface area contributed by atoms with E-state index in [4.69, 9.17) is 16.9 Å². The van der Waals surface area contributed by atoms with Crippen LogP contribution in [0.15, 0.2) is 48.0 Å². The van der Waals surface area contributed by atoms with Crippen LogP contribution in [0.4, 0.5) is 5.69 Å². The molecule has 0 spiro atoms. The number of rotatable bonds is 4. The smallest absolute Gasteiger partial charge is 0.266 e. The van der Waals surface area contributed by atoms with Crippen LogP contribution in [-0.4, -0.2) is 11.9 Å². The van der Waals surface area contributed by atoms with Gasteiger partial charge in [-0.1, -0.05) is 41.9 Å². The number of benzene rings is 2. The van der Waals surface area contributed by atoms with Crippen LogP contribution in [0, 0.1) is 18.3 Å². The van der Waals surface area contributed by atoms with Gasteiger partial charge in [0, 0.05) is 10.7 Å². The summed E-state index contributed by atoms with van der Waals surface area (Å²) >= 11 is 6.00. The van der Waals surface area contributed by atoms with Gasteiger partial charge in [0.05, 0.1) is 5.97 Å². The monoisotopic (exact) mass is 339 g/mol. The van der Waals surface area contributed by atoms with Crippen LogP contribution < -0.4 is 10.4 Å². The maximum absolute atomic E-state index is 12.2. The van der Waals surface area contributed by atoms with Gasteiger partial charge in [0.1, 0.15) is 11.6 Å². The maximum Gasteiger partial charge on any atom is 0.266 e. The highest BCUT2D eigenvalue weighted by Crippen LogP contribution is 2.20. The fourth-order valence-corrected chi connectivity index (χ4v) is 2.08. The summed E-state index contributed by atoms with van der Waals surface area (Å²) in [5, 5.41) is 23.0. The van der Waals surface area contributed by atoms with Crippen molar-refractivity contribution < 1.29 is 14.7 Å². The summed E-state index contributed by atoms with van der Waals surface area (Å²) in [5.41, 5.74) is 1.77. The number of hydrogen-bond donors (Lipinski definition) is 1. The molecule has 5 nitrogen and oxygen atoms in total. The van der Waals surface area contributed by atoms with E-state index in [2.05, 4.69) is 5.32 Å². The Labute approximate surface area is 143 Å². The Balaban J connectivity index is 2.20. The zero-order valence-corrected chi connectivity index (χ0v) is 13.4. The third-order valence-electron chi connectivity index (χ3n) is 3.25. The van der Waals surface area contributed by atoms with Gasteiger partial charge in [-0.2, -0.15) is 5.26 Å². The molecule has 0 saturated carbocycles. The molecule has 0 unspecified atom stereocenters. The number of nitrogens with one attached hydrogen (secondary N) is 1. The predicted molar refractivity (Wildman–Crippen MR) is 89.2 cm³/mol. The van der Waals surface area contributed by atoms with Crippen molar-refractivity contribution in [2.24, 2.45) is 0 Å². The number of carboxylic acid groups (broad SMARTS) is 1. The number of carbonyl (C=O) groups is 2. The quantitative estimate of drug-likeness (QED) is 0.684. The standard InChI is InChI=1S/C18H13ClN2O3/c1-11-2-7-15(9-16(11)19)21-17(22)14(10-20)8-12-3-5-13(6-4-12)18(23)24/h2-9H,1H3,(H,21,22)(H,23,24)/p-1/b14-8+. The molecule has 2 aromatic rings. The number of amides is 1. The van der Waals surface area contributed by atoms with Gasteiger partial charge in [-0.3, -0.25) is 4.79 Å². The molecule has 2 aromatic carbocycles. The fraction of sp³-hybridized carbons (Fsp3) is 0.0556. The SMILES string of the molecule is Cc1ccc(NC(=O)/C(C#N)=C/c2ccc(C(=O)[O-])cc2)cc1Cl. The molecule has 0 aliphatic heterocycles. The predicted octanol–water partition coefficient (Wildman–Crippen LogP) is 2.56. The minimum atomic E-state index is -1.29. The molecule has 0 aromatic heterocycles. The Morgan fingerprint density at radius 3 is 2.42 bits per heavy atom. The second kappa shape index (κ2) is 7.44. The second-order valence-electron chi connectivity index (χ2n) is 5.00. The Kier molecular flexibility index (Phi) is 5.35. The summed E-state index contributed by atoms with van der Waals surface area (Å²) in [6, 6.07) is 12.5. The van der Waals surface area contributed by atoms with Crippen molar-refractivity contribution in [2.45, 2.75) is 6.92 Å². The Hall–Kier alpha value is -3.10. The van der Waals surface area contributed by atoms with Gasteiger partial charge in [0.15, 0.2) is 0 Å². The van der Waals surface area contributed by atoms with Gasteiger partial charge < -0.3 is 15.2 Å². The highest BCUT2D eigenvalue weighted by Gasteiger charge is 2.10. The molecular formula is C18H12ClN2O3-. The Morgan fingerprint density at radius 1 is 1.21 bits per heavy atom. The third-order valence-corrected chi connectivity index (χ3v) is 3.66. The first kappa shape index (κ1) is 17.3. The summed E-state index contributed by atoms with van der Waals surface area (Å²) in [6.07, 6.45) is 1.37. The van der Waals surface area contributed by atoms with Gasteiger partial charge in [0.2, 0.25) is 0 Å². The number of carboxylic acids is 1. The molecule has 0 bridgehead atoms. The lowest BCUT2D eigenvalue weighted by atomic mass is 10.1. The van der Waals surface area contributed by atoms with E-state index in [0.29, 0.717) is 16.3 Å². The molecule has 0 radical (unpaired) electrons. The lowest BCUT2D eigenvalue weighted by Gasteiger charge is -2.06. The number of nitrogens with zero attached hydrogens (tertiary/aromatic N) is 1. The second-order valence-corrected chi connectivity index (χ2v) is 5.40. The van der Waals surface area contributed by atoms with Crippen molar-refractivity contribution >= 4 is 35.2 Å². The average Bonchev–Trinajstić information content (AvgIpc) is 2.56. The van der Waals surface area contributed by atoms with Gasteiger partial charge >= 0.3 is 0 Å². The van der Waals surface area contributed by atoms with Crippen molar-refractivity contribution in [3.8, 4) is 6.07 Å². The number of nitriles is 1. The summed E-state index contributed by atoms with van der Waals surface area (Å²) < 4.78 is 0. The normalized spacial score (nSPS) is 10.8. The summed E-state index contributed by atoms with van der Waals surface area (Å²) in [4.78, 5) is 22.9. The minimum Gasteiger partial charge on any atom is -0.545 e. The first-order chi connectivity index (χ1) is 11.4. The molecule has 0 heterocycles. The number of anilines is 1. The van der Waals surface area contributed by atoms with Crippen molar-refractivity contribution in [2.75, 3.05) is 5.32 Å². The number of carbonyl (C=O) groups excluding carboxylic acids is 2. The molecule has 1 amide bonds. The zero-order valence-electron chi connectivity index (χ0n) is 12.7. The third kappa shape index (κ3) is 4.22. The van der Waals surface area contributed by atoms with E-state index in [-0.39, 0.29) is 11.1 Å². The summed E-state index contributed by atoms with van der Waals surface area (Å²) in [6.45, 7) is 1.84. The van der Waals surface area contributed by atoms with E-state index >= 15 is 0 Å². The largest absolute Gasteiger partial charge is 0.545 e. The maximum atomic E-state index is 12.2. The van der Waals surface area contributed by atoms with Gasteiger partial charge in [-0.05, 0) is 41.8 Å². The van der Waals surface area contributed by atoms with E-state index in [0.717, 1.165) is 5.56 Å². The zero-order chi connectivity index (χ0) is 17.7. The van der Waals surface area contributed by atoms with Crippen LogP contribution in [0.25, 0.3) is 6.08 Å². The van der Waals surface area contributed by atoms with E-state index in [1.807, 2.05) is 13.0 Å². The number of aromatic carboxylic acids is 1. The topological polar surface area (TPSA) is 93.0 Å². The molecule has 0 atom stereocenters. The van der Waals surface area contributed by atoms with Gasteiger partial charge in [-0.25, -0.2) is 0 Å². The first-order valence-electron chi connectivity index (χ1n) is 6.91. The highest BCUT2D eigenvalue weighted by atomic mass is 35.5. The molecule has 0 saturated heterocycles. The van der Waals surface area contributed by atoms with E-state index < -0.39 is 11.9 Å². The molecule has 6 heteroatoms. The van der Waals surface area contributed by atoms with Gasteiger partial charge in [0.25, 0.3) is 5.91 Å². The molecule has 0 fully saturated rings. The molecule has 1 N–H and O–H groups in total. The van der Waals surface area contributed by atoms with Crippen molar-refractivity contribution in [3.63, 3.8) is 0 Å². The van der Waals surface area contributed by atoms with Crippen LogP contribution in [0.3, 0.4) is 0 Å². The Bertz CT molecular complexity index is 865. The highest BCUT2D eigenvalue weighted by molar-refractivity contribution is 6.31. The molecule has 2 rings (SSSR count). The number of aryl methyl sites for hydroxylation is 1. The van der Waals surface area contributed by atoms with Crippen molar-refractivity contribution in [3.05, 3.63) is 69.8 Å². The van der Waals surface area contributed by atoms with Crippen LogP contribution in [-0.2, 0) is 4.79 Å². The van der Waals surface area contributed by atoms with Crippen molar-refractivity contribution in [1.82, 2.24) is 0 Å². The molecule has 0 aliphatic rings. The van der Waals surface area contributed by atoms with Crippen molar-refractivity contribution in [1.29, 1.82) is 5.26 Å². The van der Waals surface area contributed by atoms with Crippen LogP contribution >= 0.6 is 11.6 Å². The summed E-state index contributed by atoms with van der Waals surface area (Å²) in [7, 11) is 0. The molecule has 120 valence electrons. The molecule has 24 heavy (non-hydrogen) atoms. The summed E-state index contributed by atoms with van der Waals surface area (Å²) in [5.74, 6) is -1.87. The van der Waals surface area contributed by atoms with E-state index in [1.54, 1.807) is 18.2 Å². The van der Waals surface area contributed by atoms with Gasteiger partial charge in [-0.15, -0.1) is 0 Å². The van der Waals surface area contributed by atoms with E-state index in [9.17, 15) is 14.7 Å². The Morgan fingerprint density at radius 2 is 1.88 bits per heavy atom.